The van der Waals surface area contributed by atoms with E-state index in [0.29, 0.717) is 0 Å². The van der Waals surface area contributed by atoms with E-state index in [-0.39, 0.29) is 6.42 Å². The summed E-state index contributed by atoms with van der Waals surface area (Å²) in [7, 11) is 0. The summed E-state index contributed by atoms with van der Waals surface area (Å²) in [6, 6.07) is 8.18. The summed E-state index contributed by atoms with van der Waals surface area (Å²) >= 11 is 0. The van der Waals surface area contributed by atoms with Gasteiger partial charge in [-0.15, -0.1) is 0 Å². The number of hydrogen-bond acceptors (Lipinski definition) is 4. The van der Waals surface area contributed by atoms with E-state index < -0.39 is 23.7 Å². The van der Waals surface area contributed by atoms with Crippen LogP contribution >= 0.6 is 0 Å². The molecule has 6 heteroatoms. The molecule has 1 heterocycles. The minimum Gasteiger partial charge on any atom is -0.480 e. The van der Waals surface area contributed by atoms with E-state index in [9.17, 15) is 14.7 Å². The average molecular weight is 316 g/mol. The minimum atomic E-state index is -1.11. The maximum atomic E-state index is 11.8. The van der Waals surface area contributed by atoms with Gasteiger partial charge in [-0.2, -0.15) is 0 Å². The van der Waals surface area contributed by atoms with Crippen LogP contribution in [0.2, 0.25) is 0 Å². The Morgan fingerprint density at radius 3 is 2.70 bits per heavy atom. The Labute approximate surface area is 134 Å². The van der Waals surface area contributed by atoms with Crippen LogP contribution in [0.25, 0.3) is 10.9 Å². The van der Waals surface area contributed by atoms with Gasteiger partial charge in [0.25, 0.3) is 0 Å². The van der Waals surface area contributed by atoms with Crippen LogP contribution in [0.3, 0.4) is 0 Å². The number of carbonyl (C=O) groups is 2. The maximum absolute atomic E-state index is 11.8. The van der Waals surface area contributed by atoms with Crippen molar-refractivity contribution in [1.29, 1.82) is 0 Å². The van der Waals surface area contributed by atoms with Crippen LogP contribution in [0.5, 0.6) is 0 Å². The summed E-state index contributed by atoms with van der Waals surface area (Å²) in [6.07, 6.45) is 1.12. The number of hydrogen-bond donors (Lipinski definition) is 2. The van der Waals surface area contributed by atoms with Gasteiger partial charge in [0, 0.05) is 18.0 Å². The maximum Gasteiger partial charge on any atom is 0.408 e. The smallest absolute Gasteiger partial charge is 0.408 e. The van der Waals surface area contributed by atoms with Crippen molar-refractivity contribution in [2.24, 2.45) is 0 Å². The first-order valence-corrected chi connectivity index (χ1v) is 7.30. The number of rotatable bonds is 4. The predicted molar refractivity (Wildman–Crippen MR) is 86.2 cm³/mol. The van der Waals surface area contributed by atoms with Crippen LogP contribution in [0.15, 0.2) is 36.5 Å². The molecule has 23 heavy (non-hydrogen) atoms. The van der Waals surface area contributed by atoms with Crippen LogP contribution in [-0.2, 0) is 16.0 Å². The minimum absolute atomic E-state index is 0.166. The third-order valence-corrected chi connectivity index (χ3v) is 3.10. The molecule has 1 aromatic carbocycles. The van der Waals surface area contributed by atoms with Gasteiger partial charge in [0.05, 0.1) is 5.52 Å². The predicted octanol–water partition coefficient (Wildman–Crippen LogP) is 2.76. The number of carbonyl (C=O) groups excluding carboxylic acids is 1. The van der Waals surface area contributed by atoms with Crippen molar-refractivity contribution in [2.75, 3.05) is 0 Å². The molecule has 1 amide bonds. The number of pyridine rings is 1. The van der Waals surface area contributed by atoms with E-state index >= 15 is 0 Å². The van der Waals surface area contributed by atoms with E-state index in [2.05, 4.69) is 10.3 Å². The monoisotopic (exact) mass is 316 g/mol. The zero-order chi connectivity index (χ0) is 17.0. The Hall–Kier alpha value is -2.63. The molecule has 2 N–H and O–H groups in total. The van der Waals surface area contributed by atoms with E-state index in [0.717, 1.165) is 16.5 Å². The molecule has 1 unspecified atom stereocenters. The van der Waals surface area contributed by atoms with Crippen LogP contribution in [0.1, 0.15) is 26.3 Å². The zero-order valence-electron chi connectivity index (χ0n) is 13.4. The molecule has 0 aliphatic rings. The van der Waals surface area contributed by atoms with Crippen molar-refractivity contribution < 1.29 is 19.4 Å². The normalized spacial score (nSPS) is 12.7. The van der Waals surface area contributed by atoms with Crippen molar-refractivity contribution >= 4 is 23.0 Å². The van der Waals surface area contributed by atoms with E-state index in [4.69, 9.17) is 4.74 Å². The average Bonchev–Trinajstić information content (AvgIpc) is 2.44. The SMILES string of the molecule is CC(C)(C)OC(=O)NC(Cc1ccc2ncccc2c1)C(=O)O. The summed E-state index contributed by atoms with van der Waals surface area (Å²) < 4.78 is 5.10. The van der Waals surface area contributed by atoms with Gasteiger partial charge in [0.1, 0.15) is 11.6 Å². The number of alkyl carbamates (subject to hydrolysis) is 1. The lowest BCUT2D eigenvalue weighted by atomic mass is 10.0. The zero-order valence-corrected chi connectivity index (χ0v) is 13.4. The summed E-state index contributed by atoms with van der Waals surface area (Å²) in [5, 5.41) is 12.6. The number of carboxylic acids is 1. The number of amides is 1. The molecule has 122 valence electrons. The molecular formula is C17H20N2O4. The van der Waals surface area contributed by atoms with Gasteiger partial charge in [0.2, 0.25) is 0 Å². The van der Waals surface area contributed by atoms with Gasteiger partial charge in [-0.05, 0) is 44.5 Å². The molecule has 1 aromatic heterocycles. The molecule has 0 aliphatic carbocycles. The molecule has 0 saturated carbocycles. The third-order valence-electron chi connectivity index (χ3n) is 3.10. The second kappa shape index (κ2) is 6.64. The molecule has 2 rings (SSSR count). The Morgan fingerprint density at radius 1 is 1.30 bits per heavy atom. The molecule has 0 saturated heterocycles. The van der Waals surface area contributed by atoms with Gasteiger partial charge < -0.3 is 15.2 Å². The van der Waals surface area contributed by atoms with E-state index in [1.807, 2.05) is 30.3 Å². The van der Waals surface area contributed by atoms with Crippen LogP contribution < -0.4 is 5.32 Å². The highest BCUT2D eigenvalue weighted by atomic mass is 16.6. The number of carboxylic acid groups (broad SMARTS) is 1. The first-order valence-electron chi connectivity index (χ1n) is 7.30. The number of fused-ring (bicyclic) bond motifs is 1. The fourth-order valence-corrected chi connectivity index (χ4v) is 2.14. The van der Waals surface area contributed by atoms with Gasteiger partial charge >= 0.3 is 12.1 Å². The third kappa shape index (κ3) is 4.95. The lowest BCUT2D eigenvalue weighted by Gasteiger charge is -2.22. The standard InChI is InChI=1S/C17H20N2O4/c1-17(2,3)23-16(22)19-14(15(20)21)10-11-6-7-13-12(9-11)5-4-8-18-13/h4-9,14H,10H2,1-3H3,(H,19,22)(H,20,21). The quantitative estimate of drug-likeness (QED) is 0.905. The van der Waals surface area contributed by atoms with Gasteiger partial charge in [0.15, 0.2) is 0 Å². The number of aromatic nitrogens is 1. The Bertz CT molecular complexity index is 722. The van der Waals surface area contributed by atoms with Crippen molar-refractivity contribution in [3.8, 4) is 0 Å². The molecule has 2 aromatic rings. The fourth-order valence-electron chi connectivity index (χ4n) is 2.14. The van der Waals surface area contributed by atoms with Crippen LogP contribution in [-0.4, -0.2) is 33.8 Å². The van der Waals surface area contributed by atoms with Crippen molar-refractivity contribution in [2.45, 2.75) is 38.8 Å². The first-order chi connectivity index (χ1) is 10.7. The molecule has 0 aliphatic heterocycles. The lowest BCUT2D eigenvalue weighted by Crippen LogP contribution is -2.44. The van der Waals surface area contributed by atoms with E-state index in [1.54, 1.807) is 27.0 Å². The van der Waals surface area contributed by atoms with E-state index in [1.165, 1.54) is 0 Å². The summed E-state index contributed by atoms with van der Waals surface area (Å²) in [4.78, 5) is 27.4. The van der Waals surface area contributed by atoms with Gasteiger partial charge in [-0.3, -0.25) is 4.98 Å². The fraction of sp³-hybridized carbons (Fsp3) is 0.353. The molecule has 0 spiro atoms. The van der Waals surface area contributed by atoms with Crippen molar-refractivity contribution in [1.82, 2.24) is 10.3 Å². The molecule has 1 atom stereocenters. The molecule has 6 nitrogen and oxygen atoms in total. The highest BCUT2D eigenvalue weighted by molar-refractivity contribution is 5.82. The van der Waals surface area contributed by atoms with Crippen molar-refractivity contribution in [3.63, 3.8) is 0 Å². The molecule has 0 fully saturated rings. The number of aliphatic carboxylic acids is 1. The molecule has 0 radical (unpaired) electrons. The van der Waals surface area contributed by atoms with Crippen LogP contribution in [0.4, 0.5) is 4.79 Å². The highest BCUT2D eigenvalue weighted by Crippen LogP contribution is 2.15. The second-order valence-electron chi connectivity index (χ2n) is 6.27. The summed E-state index contributed by atoms with van der Waals surface area (Å²) in [5.41, 5.74) is 0.957. The lowest BCUT2D eigenvalue weighted by molar-refractivity contribution is -0.139. The van der Waals surface area contributed by atoms with Gasteiger partial charge in [-0.25, -0.2) is 9.59 Å². The Kier molecular flexibility index (Phi) is 4.83. The van der Waals surface area contributed by atoms with Gasteiger partial charge in [-0.1, -0.05) is 12.1 Å². The number of benzene rings is 1. The number of nitrogens with one attached hydrogen (secondary N) is 1. The first kappa shape index (κ1) is 16.7. The second-order valence-corrected chi connectivity index (χ2v) is 6.27. The number of nitrogens with zero attached hydrogens (tertiary/aromatic N) is 1. The summed E-state index contributed by atoms with van der Waals surface area (Å²) in [6.45, 7) is 5.16. The molecular weight excluding hydrogens is 296 g/mol. The number of ether oxygens (including phenoxy) is 1. The van der Waals surface area contributed by atoms with Crippen molar-refractivity contribution in [3.05, 3.63) is 42.1 Å². The Balaban J connectivity index is 2.11. The largest absolute Gasteiger partial charge is 0.480 e. The van der Waals surface area contributed by atoms with Crippen LogP contribution in [0, 0.1) is 0 Å². The topological polar surface area (TPSA) is 88.5 Å². The molecule has 0 bridgehead atoms. The summed E-state index contributed by atoms with van der Waals surface area (Å²) in [5.74, 6) is -1.11. The highest BCUT2D eigenvalue weighted by Gasteiger charge is 2.24. The Morgan fingerprint density at radius 2 is 2.04 bits per heavy atom.